The van der Waals surface area contributed by atoms with Gasteiger partial charge in [0.2, 0.25) is 0 Å². The van der Waals surface area contributed by atoms with Gasteiger partial charge in [0.15, 0.2) is 0 Å². The number of carbonyl (C=O) groups excluding carboxylic acids is 1. The van der Waals surface area contributed by atoms with Crippen molar-refractivity contribution in [2.45, 2.75) is 19.0 Å². The van der Waals surface area contributed by atoms with E-state index in [2.05, 4.69) is 10.9 Å². The van der Waals surface area contributed by atoms with E-state index >= 15 is 0 Å². The van der Waals surface area contributed by atoms with Crippen LogP contribution in [0.4, 0.5) is 4.79 Å². The number of ether oxygens (including phenoxy) is 1. The maximum atomic E-state index is 12.2. The first-order valence-electron chi connectivity index (χ1n) is 5.88. The fraction of sp³-hybridized carbons (Fsp3) is 0.545. The topological polar surface area (TPSA) is 96.4 Å². The monoisotopic (exact) mass is 328 g/mol. The van der Waals surface area contributed by atoms with Crippen LogP contribution in [-0.2, 0) is 19.4 Å². The van der Waals surface area contributed by atoms with Crippen molar-refractivity contribution in [1.29, 1.82) is 0 Å². The Hall–Kier alpha value is -0.420. The van der Waals surface area contributed by atoms with E-state index in [1.165, 1.54) is 12.0 Å². The molecule has 0 saturated carbocycles. The zero-order valence-corrected chi connectivity index (χ0v) is 12.0. The molecule has 1 N–H and O–H groups in total. The van der Waals surface area contributed by atoms with Crippen molar-refractivity contribution >= 4 is 46.0 Å². The number of methoxy groups -OCH3 is 1. The Morgan fingerprint density at radius 2 is 2.19 bits per heavy atom. The molecule has 1 fully saturated rings. The van der Waals surface area contributed by atoms with Crippen LogP contribution in [0.1, 0.15) is 6.92 Å². The molecule has 0 aromatic heterocycles. The molecular weight excluding hydrogens is 311 g/mol. The molecule has 0 radical (unpaired) electrons. The van der Waals surface area contributed by atoms with E-state index in [1.807, 2.05) is 0 Å². The molecule has 0 aliphatic carbocycles. The molecule has 0 aromatic rings. The molecule has 8 nitrogen and oxygen atoms in total. The van der Waals surface area contributed by atoms with Gasteiger partial charge in [-0.2, -0.15) is 13.5 Å². The van der Waals surface area contributed by atoms with Crippen LogP contribution in [0.15, 0.2) is 23.8 Å². The average Bonchev–Trinajstić information content (AvgIpc) is 2.57. The number of carbonyl (C=O) groups is 1. The van der Waals surface area contributed by atoms with E-state index in [4.69, 9.17) is 9.29 Å². The predicted molar refractivity (Wildman–Crippen MR) is 76.1 cm³/mol. The molecular formula is C11H17N2NaO6S. The van der Waals surface area contributed by atoms with E-state index in [0.29, 0.717) is 16.2 Å². The second-order valence-electron chi connectivity index (χ2n) is 4.70. The number of rotatable bonds is 5. The number of amides is 2. The van der Waals surface area contributed by atoms with Crippen molar-refractivity contribution < 1.29 is 26.8 Å². The fourth-order valence-corrected chi connectivity index (χ4v) is 2.80. The summed E-state index contributed by atoms with van der Waals surface area (Å²) in [5.41, 5.74) is 1.38. The van der Waals surface area contributed by atoms with E-state index in [0.717, 1.165) is 0 Å². The number of hydrogen-bond donors (Lipinski definition) is 1. The quantitative estimate of drug-likeness (QED) is 0.550. The van der Waals surface area contributed by atoms with Gasteiger partial charge in [-0.05, 0) is 12.5 Å². The standard InChI is InChI=1S/C11H16N2O6S.Na.H/c1-7(2)9-4-8(6-18-3)12-5-10(9)13(11(12)14)19-20(15,16)17;;/h4,8,10H,1,5-6H2,2-3H3,(H,15,16,17);;/t8-,10-;;/m0../s1. The van der Waals surface area contributed by atoms with Crippen LogP contribution in [0.25, 0.3) is 0 Å². The van der Waals surface area contributed by atoms with Gasteiger partial charge in [0.25, 0.3) is 0 Å². The van der Waals surface area contributed by atoms with Crippen molar-refractivity contribution in [2.75, 3.05) is 20.3 Å². The van der Waals surface area contributed by atoms with Gasteiger partial charge in [-0.25, -0.2) is 4.79 Å². The molecule has 2 rings (SSSR count). The first-order valence-corrected chi connectivity index (χ1v) is 7.24. The van der Waals surface area contributed by atoms with Crippen LogP contribution < -0.4 is 0 Å². The summed E-state index contributed by atoms with van der Waals surface area (Å²) in [6.07, 6.45) is 1.80. The predicted octanol–water partition coefficient (Wildman–Crippen LogP) is -0.290. The maximum absolute atomic E-state index is 12.2. The third kappa shape index (κ3) is 3.86. The number of nitrogens with zero attached hydrogens (tertiary/aromatic N) is 2. The fourth-order valence-electron chi connectivity index (χ4n) is 2.43. The zero-order valence-electron chi connectivity index (χ0n) is 11.1. The first kappa shape index (κ1) is 18.6. The molecule has 2 aliphatic rings. The first-order chi connectivity index (χ1) is 9.24. The summed E-state index contributed by atoms with van der Waals surface area (Å²) in [7, 11) is -3.26. The Morgan fingerprint density at radius 3 is 2.67 bits per heavy atom. The molecule has 1 saturated heterocycles. The number of hydroxylamine groups is 2. The van der Waals surface area contributed by atoms with Gasteiger partial charge in [0.1, 0.15) is 6.04 Å². The summed E-state index contributed by atoms with van der Waals surface area (Å²) < 4.78 is 39.9. The van der Waals surface area contributed by atoms with E-state index < -0.39 is 22.5 Å². The second-order valence-corrected chi connectivity index (χ2v) is 5.71. The normalized spacial score (nSPS) is 24.7. The average molecular weight is 328 g/mol. The van der Waals surface area contributed by atoms with Crippen LogP contribution >= 0.6 is 0 Å². The summed E-state index contributed by atoms with van der Waals surface area (Å²) in [6.45, 7) is 6.09. The van der Waals surface area contributed by atoms with Gasteiger partial charge in [0.05, 0.1) is 19.2 Å². The van der Waals surface area contributed by atoms with Gasteiger partial charge < -0.3 is 9.64 Å². The van der Waals surface area contributed by atoms with Crippen LogP contribution in [-0.4, -0.2) is 90.9 Å². The summed E-state index contributed by atoms with van der Waals surface area (Å²) in [6, 6.07) is -1.58. The molecule has 2 amide bonds. The second kappa shape index (κ2) is 6.78. The van der Waals surface area contributed by atoms with E-state index in [-0.39, 0.29) is 48.8 Å². The van der Waals surface area contributed by atoms with Gasteiger partial charge in [-0.1, -0.05) is 18.2 Å². The Bertz CT molecular complexity index is 575. The summed E-state index contributed by atoms with van der Waals surface area (Å²) in [5.74, 6) is 0. The van der Waals surface area contributed by atoms with Gasteiger partial charge >= 0.3 is 46.0 Å². The summed E-state index contributed by atoms with van der Waals surface area (Å²) in [5, 5.41) is 0.658. The van der Waals surface area contributed by atoms with Gasteiger partial charge in [-0.3, -0.25) is 4.55 Å². The zero-order chi connectivity index (χ0) is 15.1. The SMILES string of the molecule is C=C(C)C1=C[C@@H](COC)N2C[C@@H]1N(OS(=O)(=O)O)C2=O.[NaH]. The minimum atomic E-state index is -4.77. The number of hydrogen-bond acceptors (Lipinski definition) is 5. The van der Waals surface area contributed by atoms with Crippen LogP contribution in [0, 0.1) is 0 Å². The molecule has 21 heavy (non-hydrogen) atoms. The Balaban J connectivity index is 0.00000220. The van der Waals surface area contributed by atoms with Crippen LogP contribution in [0.2, 0.25) is 0 Å². The Labute approximate surface area is 145 Å². The van der Waals surface area contributed by atoms with Crippen LogP contribution in [0.3, 0.4) is 0 Å². The van der Waals surface area contributed by atoms with Crippen molar-refractivity contribution in [3.8, 4) is 0 Å². The van der Waals surface area contributed by atoms with Crippen molar-refractivity contribution in [3.63, 3.8) is 0 Å². The van der Waals surface area contributed by atoms with E-state index in [1.54, 1.807) is 13.0 Å². The molecule has 0 spiro atoms. The minimum absolute atomic E-state index is 0. The third-order valence-corrected chi connectivity index (χ3v) is 3.57. The molecule has 0 aromatic carbocycles. The summed E-state index contributed by atoms with van der Waals surface area (Å²) >= 11 is 0. The molecule has 2 aliphatic heterocycles. The Morgan fingerprint density at radius 1 is 1.57 bits per heavy atom. The number of urea groups is 1. The summed E-state index contributed by atoms with van der Waals surface area (Å²) in [4.78, 5) is 13.6. The van der Waals surface area contributed by atoms with Gasteiger partial charge in [0, 0.05) is 7.11 Å². The molecule has 2 atom stereocenters. The molecule has 2 bridgehead atoms. The Kier molecular flexibility index (Phi) is 6.01. The van der Waals surface area contributed by atoms with Crippen molar-refractivity contribution in [3.05, 3.63) is 23.8 Å². The van der Waals surface area contributed by atoms with Crippen molar-refractivity contribution in [2.24, 2.45) is 0 Å². The molecule has 0 unspecified atom stereocenters. The van der Waals surface area contributed by atoms with Crippen LogP contribution in [0.5, 0.6) is 0 Å². The number of fused-ring (bicyclic) bond motifs is 2. The van der Waals surface area contributed by atoms with Gasteiger partial charge in [-0.15, -0.1) is 4.28 Å². The molecule has 10 heteroatoms. The molecule has 114 valence electrons. The van der Waals surface area contributed by atoms with Crippen molar-refractivity contribution in [1.82, 2.24) is 9.96 Å². The molecule has 2 heterocycles. The third-order valence-electron chi connectivity index (χ3n) is 3.22. The van der Waals surface area contributed by atoms with E-state index in [9.17, 15) is 13.2 Å².